The van der Waals surface area contributed by atoms with Crippen LogP contribution in [0.4, 0.5) is 0 Å². The maximum atomic E-state index is 13.0. The molecule has 0 fully saturated rings. The van der Waals surface area contributed by atoms with Crippen LogP contribution in [0, 0.1) is 6.92 Å². The minimum absolute atomic E-state index is 0.0167. The van der Waals surface area contributed by atoms with E-state index in [1.165, 1.54) is 4.90 Å². The van der Waals surface area contributed by atoms with E-state index in [2.05, 4.69) is 35.3 Å². The van der Waals surface area contributed by atoms with Crippen LogP contribution in [0.1, 0.15) is 68.5 Å². The molecular weight excluding hydrogens is 354 g/mol. The number of nitrogens with one attached hydrogen (secondary N) is 1. The molecule has 7 heteroatoms. The summed E-state index contributed by atoms with van der Waals surface area (Å²) in [5.74, 6) is 0.594. The smallest absolute Gasteiger partial charge is 0.294 e. The van der Waals surface area contributed by atoms with Gasteiger partial charge in [0.25, 0.3) is 5.91 Å². The molecule has 1 aromatic carbocycles. The van der Waals surface area contributed by atoms with E-state index in [4.69, 9.17) is 0 Å². The Hall–Kier alpha value is -2.70. The van der Waals surface area contributed by atoms with Crippen molar-refractivity contribution in [1.82, 2.24) is 25.0 Å². The molecule has 152 valence electrons. The predicted octanol–water partition coefficient (Wildman–Crippen LogP) is 3.08. The number of nitrogens with zero attached hydrogens (tertiary/aromatic N) is 4. The number of benzene rings is 1. The molecule has 0 radical (unpaired) electrons. The van der Waals surface area contributed by atoms with Gasteiger partial charge in [0.1, 0.15) is 5.82 Å². The van der Waals surface area contributed by atoms with Gasteiger partial charge in [0.2, 0.25) is 11.7 Å². The lowest BCUT2D eigenvalue weighted by Gasteiger charge is -2.20. The molecule has 2 aromatic rings. The highest BCUT2D eigenvalue weighted by molar-refractivity contribution is 5.93. The standard InChI is InChI=1S/C21H31N5O2/c1-6-12-22-19(27)14-25(13-7-2)21(28)20-23-16(5)26(24-20)18-11-9-8-10-17(18)15(3)4/h8-11,15H,6-7,12-14H2,1-5H3,(H,22,27). The molecule has 2 amide bonds. The first-order valence-corrected chi connectivity index (χ1v) is 9.97. The van der Waals surface area contributed by atoms with Gasteiger partial charge >= 0.3 is 0 Å². The van der Waals surface area contributed by atoms with Crippen molar-refractivity contribution in [3.63, 3.8) is 0 Å². The highest BCUT2D eigenvalue weighted by Gasteiger charge is 2.23. The predicted molar refractivity (Wildman–Crippen MR) is 110 cm³/mol. The zero-order chi connectivity index (χ0) is 20.7. The molecule has 1 heterocycles. The second-order valence-corrected chi connectivity index (χ2v) is 7.18. The van der Waals surface area contributed by atoms with Crippen LogP contribution in [-0.4, -0.2) is 51.1 Å². The molecule has 1 N–H and O–H groups in total. The second kappa shape index (κ2) is 10.0. The number of hydrogen-bond acceptors (Lipinski definition) is 4. The van der Waals surface area contributed by atoms with Crippen molar-refractivity contribution in [2.45, 2.75) is 53.4 Å². The molecule has 0 aliphatic carbocycles. The van der Waals surface area contributed by atoms with Crippen LogP contribution in [0.15, 0.2) is 24.3 Å². The molecule has 0 spiro atoms. The van der Waals surface area contributed by atoms with Gasteiger partial charge in [-0.15, -0.1) is 5.10 Å². The van der Waals surface area contributed by atoms with Crippen molar-refractivity contribution in [3.05, 3.63) is 41.5 Å². The summed E-state index contributed by atoms with van der Waals surface area (Å²) in [6.45, 7) is 11.1. The number of amides is 2. The van der Waals surface area contributed by atoms with E-state index >= 15 is 0 Å². The normalized spacial score (nSPS) is 10.9. The molecule has 7 nitrogen and oxygen atoms in total. The third-order valence-corrected chi connectivity index (χ3v) is 4.43. The average Bonchev–Trinajstić information content (AvgIpc) is 3.06. The third-order valence-electron chi connectivity index (χ3n) is 4.43. The number of carbonyl (C=O) groups is 2. The Kier molecular flexibility index (Phi) is 7.72. The fourth-order valence-electron chi connectivity index (χ4n) is 3.03. The molecule has 0 atom stereocenters. The first-order chi connectivity index (χ1) is 13.4. The van der Waals surface area contributed by atoms with Crippen molar-refractivity contribution in [1.29, 1.82) is 0 Å². The Labute approximate surface area is 167 Å². The van der Waals surface area contributed by atoms with Crippen molar-refractivity contribution >= 4 is 11.8 Å². The molecule has 28 heavy (non-hydrogen) atoms. The van der Waals surface area contributed by atoms with Gasteiger partial charge in [0.15, 0.2) is 0 Å². The van der Waals surface area contributed by atoms with E-state index in [1.54, 1.807) is 4.68 Å². The van der Waals surface area contributed by atoms with E-state index in [-0.39, 0.29) is 24.2 Å². The Morgan fingerprint density at radius 3 is 2.54 bits per heavy atom. The fraction of sp³-hybridized carbons (Fsp3) is 0.524. The summed E-state index contributed by atoms with van der Waals surface area (Å²) in [4.78, 5) is 31.0. The minimum Gasteiger partial charge on any atom is -0.355 e. The highest BCUT2D eigenvalue weighted by atomic mass is 16.2. The molecule has 2 rings (SSSR count). The van der Waals surface area contributed by atoms with Crippen LogP contribution in [0.2, 0.25) is 0 Å². The lowest BCUT2D eigenvalue weighted by Crippen LogP contribution is -2.41. The number of para-hydroxylation sites is 1. The Bertz CT molecular complexity index is 813. The molecular formula is C21H31N5O2. The summed E-state index contributed by atoms with van der Waals surface area (Å²) in [5, 5.41) is 7.29. The monoisotopic (exact) mass is 385 g/mol. The molecule has 1 aromatic heterocycles. The number of aryl methyl sites for hydroxylation is 1. The van der Waals surface area contributed by atoms with Gasteiger partial charge in [-0.2, -0.15) is 0 Å². The third kappa shape index (κ3) is 5.18. The lowest BCUT2D eigenvalue weighted by molar-refractivity contribution is -0.121. The summed E-state index contributed by atoms with van der Waals surface area (Å²) in [5.41, 5.74) is 2.06. The van der Waals surface area contributed by atoms with Crippen LogP contribution >= 0.6 is 0 Å². The van der Waals surface area contributed by atoms with Gasteiger partial charge < -0.3 is 10.2 Å². The molecule has 0 aliphatic rings. The zero-order valence-electron chi connectivity index (χ0n) is 17.5. The van der Waals surface area contributed by atoms with Crippen LogP contribution < -0.4 is 5.32 Å². The molecule has 0 aliphatic heterocycles. The van der Waals surface area contributed by atoms with E-state index < -0.39 is 0 Å². The Morgan fingerprint density at radius 1 is 1.18 bits per heavy atom. The average molecular weight is 386 g/mol. The number of hydrogen-bond donors (Lipinski definition) is 1. The summed E-state index contributed by atoms with van der Waals surface area (Å²) >= 11 is 0. The number of aromatic nitrogens is 3. The Morgan fingerprint density at radius 2 is 1.89 bits per heavy atom. The Balaban J connectivity index is 2.29. The van der Waals surface area contributed by atoms with Crippen LogP contribution in [0.5, 0.6) is 0 Å². The van der Waals surface area contributed by atoms with Crippen molar-refractivity contribution in [3.8, 4) is 5.69 Å². The van der Waals surface area contributed by atoms with E-state index in [1.807, 2.05) is 39.0 Å². The van der Waals surface area contributed by atoms with Crippen molar-refractivity contribution in [2.75, 3.05) is 19.6 Å². The van der Waals surface area contributed by atoms with Crippen molar-refractivity contribution < 1.29 is 9.59 Å². The van der Waals surface area contributed by atoms with Gasteiger partial charge in [-0.1, -0.05) is 45.9 Å². The van der Waals surface area contributed by atoms with Crippen molar-refractivity contribution in [2.24, 2.45) is 0 Å². The maximum absolute atomic E-state index is 13.0. The SMILES string of the molecule is CCCNC(=O)CN(CCC)C(=O)c1nc(C)n(-c2ccccc2C(C)C)n1. The minimum atomic E-state index is -0.322. The van der Waals surface area contributed by atoms with Gasteiger partial charge in [0, 0.05) is 13.1 Å². The first-order valence-electron chi connectivity index (χ1n) is 9.97. The fourth-order valence-corrected chi connectivity index (χ4v) is 3.03. The van der Waals surface area contributed by atoms with Crippen LogP contribution in [-0.2, 0) is 4.79 Å². The summed E-state index contributed by atoms with van der Waals surface area (Å²) in [7, 11) is 0. The molecule has 0 saturated heterocycles. The van der Waals surface area contributed by atoms with E-state index in [0.717, 1.165) is 24.1 Å². The molecule has 0 unspecified atom stereocenters. The zero-order valence-corrected chi connectivity index (χ0v) is 17.5. The van der Waals surface area contributed by atoms with Crippen LogP contribution in [0.25, 0.3) is 5.69 Å². The second-order valence-electron chi connectivity index (χ2n) is 7.18. The molecule has 0 saturated carbocycles. The quantitative estimate of drug-likeness (QED) is 0.719. The summed E-state index contributed by atoms with van der Waals surface area (Å²) < 4.78 is 1.71. The number of rotatable bonds is 9. The van der Waals surface area contributed by atoms with Gasteiger partial charge in [-0.3, -0.25) is 9.59 Å². The summed E-state index contributed by atoms with van der Waals surface area (Å²) in [6, 6.07) is 7.98. The topological polar surface area (TPSA) is 80.1 Å². The summed E-state index contributed by atoms with van der Waals surface area (Å²) in [6.07, 6.45) is 1.61. The first kappa shape index (κ1) is 21.6. The van der Waals surface area contributed by atoms with E-state index in [9.17, 15) is 9.59 Å². The number of carbonyl (C=O) groups excluding carboxylic acids is 2. The van der Waals surface area contributed by atoms with Gasteiger partial charge in [-0.25, -0.2) is 9.67 Å². The maximum Gasteiger partial charge on any atom is 0.294 e. The highest BCUT2D eigenvalue weighted by Crippen LogP contribution is 2.23. The van der Waals surface area contributed by atoms with Gasteiger partial charge in [-0.05, 0) is 37.3 Å². The lowest BCUT2D eigenvalue weighted by atomic mass is 10.0. The largest absolute Gasteiger partial charge is 0.355 e. The van der Waals surface area contributed by atoms with Crippen LogP contribution in [0.3, 0.4) is 0 Å². The molecule has 0 bridgehead atoms. The van der Waals surface area contributed by atoms with Gasteiger partial charge in [0.05, 0.1) is 12.2 Å². The van der Waals surface area contributed by atoms with E-state index in [0.29, 0.717) is 24.8 Å².